The Morgan fingerprint density at radius 1 is 1.19 bits per heavy atom. The Morgan fingerprint density at radius 2 is 1.93 bits per heavy atom. The highest BCUT2D eigenvalue weighted by molar-refractivity contribution is 7.92. The molecule has 10 heteroatoms. The maximum atomic E-state index is 12.6. The van der Waals surface area contributed by atoms with Gasteiger partial charge in [-0.3, -0.25) is 19.6 Å². The second kappa shape index (κ2) is 8.49. The average Bonchev–Trinajstić information content (AvgIpc) is 2.63. The fourth-order valence-corrected chi connectivity index (χ4v) is 3.27. The molecular formula is C17H19N3O6S. The Hall–Kier alpha value is -3.14. The van der Waals surface area contributed by atoms with Crippen molar-refractivity contribution in [1.82, 2.24) is 0 Å². The van der Waals surface area contributed by atoms with Gasteiger partial charge in [0.25, 0.3) is 15.7 Å². The van der Waals surface area contributed by atoms with Gasteiger partial charge < -0.3 is 10.1 Å². The van der Waals surface area contributed by atoms with Gasteiger partial charge in [0.05, 0.1) is 27.8 Å². The molecule has 0 radical (unpaired) electrons. The van der Waals surface area contributed by atoms with E-state index >= 15 is 0 Å². The van der Waals surface area contributed by atoms with Crippen LogP contribution in [0.25, 0.3) is 0 Å². The van der Waals surface area contributed by atoms with Crippen LogP contribution in [-0.2, 0) is 14.8 Å². The van der Waals surface area contributed by atoms with E-state index in [1.807, 2.05) is 0 Å². The van der Waals surface area contributed by atoms with E-state index in [2.05, 4.69) is 10.0 Å². The van der Waals surface area contributed by atoms with Gasteiger partial charge in [0.2, 0.25) is 5.91 Å². The van der Waals surface area contributed by atoms with Crippen molar-refractivity contribution in [2.45, 2.75) is 25.2 Å². The minimum absolute atomic E-state index is 0.0530. The Labute approximate surface area is 156 Å². The summed E-state index contributed by atoms with van der Waals surface area (Å²) in [7, 11) is -4.03. The number of non-ortho nitro benzene ring substituents is 1. The number of nitrogens with zero attached hydrogens (tertiary/aromatic N) is 1. The van der Waals surface area contributed by atoms with E-state index in [0.29, 0.717) is 12.4 Å². The third-order valence-corrected chi connectivity index (χ3v) is 4.84. The number of anilines is 2. The Kier molecular flexibility index (Phi) is 6.35. The van der Waals surface area contributed by atoms with Gasteiger partial charge in [-0.25, -0.2) is 8.42 Å². The molecule has 2 aromatic rings. The molecule has 0 aromatic heterocycles. The predicted molar refractivity (Wildman–Crippen MR) is 100 cm³/mol. The monoisotopic (exact) mass is 393 g/mol. The molecule has 9 nitrogen and oxygen atoms in total. The summed E-state index contributed by atoms with van der Waals surface area (Å²) in [6.07, 6.45) is 0.217. The van der Waals surface area contributed by atoms with Gasteiger partial charge in [-0.05, 0) is 31.2 Å². The van der Waals surface area contributed by atoms with Crippen molar-refractivity contribution in [1.29, 1.82) is 0 Å². The lowest BCUT2D eigenvalue weighted by atomic mass is 10.3. The molecule has 0 fully saturated rings. The Balaban J connectivity index is 2.37. The first-order chi connectivity index (χ1) is 12.8. The van der Waals surface area contributed by atoms with Crippen molar-refractivity contribution >= 4 is 33.0 Å². The molecule has 0 saturated carbocycles. The summed E-state index contributed by atoms with van der Waals surface area (Å²) in [4.78, 5) is 21.8. The van der Waals surface area contributed by atoms with Gasteiger partial charge in [0, 0.05) is 18.6 Å². The molecule has 0 bridgehead atoms. The molecule has 0 atom stereocenters. The van der Waals surface area contributed by atoms with Crippen molar-refractivity contribution in [3.05, 3.63) is 52.6 Å². The third-order valence-electron chi connectivity index (χ3n) is 3.47. The summed E-state index contributed by atoms with van der Waals surface area (Å²) >= 11 is 0. The number of nitrogens with one attached hydrogen (secondary N) is 2. The van der Waals surface area contributed by atoms with Gasteiger partial charge in [-0.15, -0.1) is 0 Å². The molecule has 0 heterocycles. The molecular weight excluding hydrogens is 374 g/mol. The fraction of sp³-hybridized carbons (Fsp3) is 0.235. The molecule has 2 N–H and O–H groups in total. The molecule has 0 aliphatic heterocycles. The van der Waals surface area contributed by atoms with E-state index in [0.717, 1.165) is 6.07 Å². The van der Waals surface area contributed by atoms with Crippen molar-refractivity contribution in [2.24, 2.45) is 0 Å². The summed E-state index contributed by atoms with van der Waals surface area (Å²) in [5.74, 6) is 0.0470. The van der Waals surface area contributed by atoms with Gasteiger partial charge in [0.1, 0.15) is 5.75 Å². The van der Waals surface area contributed by atoms with Crippen LogP contribution in [0.2, 0.25) is 0 Å². The van der Waals surface area contributed by atoms with Crippen molar-refractivity contribution < 1.29 is 22.9 Å². The zero-order chi connectivity index (χ0) is 20.0. The molecule has 0 aliphatic rings. The van der Waals surface area contributed by atoms with E-state index < -0.39 is 14.9 Å². The second-order valence-corrected chi connectivity index (χ2v) is 7.09. The number of carbonyl (C=O) groups is 1. The zero-order valence-corrected chi connectivity index (χ0v) is 15.6. The van der Waals surface area contributed by atoms with Gasteiger partial charge in [-0.2, -0.15) is 0 Å². The molecule has 0 aliphatic carbocycles. The van der Waals surface area contributed by atoms with Crippen molar-refractivity contribution in [3.63, 3.8) is 0 Å². The molecule has 27 heavy (non-hydrogen) atoms. The highest BCUT2D eigenvalue weighted by atomic mass is 32.2. The average molecular weight is 393 g/mol. The van der Waals surface area contributed by atoms with Crippen LogP contribution in [0, 0.1) is 10.1 Å². The standard InChI is InChI=1S/C17H19N3O6S/c1-3-17(21)18-15-11-14(8-9-16(15)26-4-2)27(24,25)19-12-6-5-7-13(10-12)20(22)23/h5-11,19H,3-4H2,1-2H3,(H,18,21). The smallest absolute Gasteiger partial charge is 0.271 e. The summed E-state index contributed by atoms with van der Waals surface area (Å²) in [5.41, 5.74) is 0.0423. The Bertz CT molecular complexity index is 959. The number of rotatable bonds is 8. The topological polar surface area (TPSA) is 128 Å². The van der Waals surface area contributed by atoms with Crippen LogP contribution in [0.3, 0.4) is 0 Å². The van der Waals surface area contributed by atoms with E-state index in [1.54, 1.807) is 13.8 Å². The highest BCUT2D eigenvalue weighted by Gasteiger charge is 2.19. The quantitative estimate of drug-likeness (QED) is 0.524. The molecule has 0 saturated heterocycles. The largest absolute Gasteiger partial charge is 0.492 e. The molecule has 2 aromatic carbocycles. The van der Waals surface area contributed by atoms with Crippen LogP contribution in [0.1, 0.15) is 20.3 Å². The lowest BCUT2D eigenvalue weighted by molar-refractivity contribution is -0.384. The number of carbonyl (C=O) groups excluding carboxylic acids is 1. The van der Waals surface area contributed by atoms with Crippen LogP contribution >= 0.6 is 0 Å². The van der Waals surface area contributed by atoms with E-state index in [1.165, 1.54) is 36.4 Å². The van der Waals surface area contributed by atoms with Crippen LogP contribution in [0.5, 0.6) is 5.75 Å². The van der Waals surface area contributed by atoms with Crippen LogP contribution in [0.4, 0.5) is 17.1 Å². The third kappa shape index (κ3) is 5.17. The zero-order valence-electron chi connectivity index (χ0n) is 14.8. The van der Waals surface area contributed by atoms with E-state index in [4.69, 9.17) is 4.74 Å². The van der Waals surface area contributed by atoms with Crippen LogP contribution in [-0.4, -0.2) is 25.9 Å². The van der Waals surface area contributed by atoms with Gasteiger partial charge >= 0.3 is 0 Å². The summed E-state index contributed by atoms with van der Waals surface area (Å²) in [6.45, 7) is 3.77. The number of benzene rings is 2. The SMILES string of the molecule is CCOc1ccc(S(=O)(=O)Nc2cccc([N+](=O)[O-])c2)cc1NC(=O)CC. The number of sulfonamides is 1. The maximum Gasteiger partial charge on any atom is 0.271 e. The molecule has 0 spiro atoms. The van der Waals surface area contributed by atoms with E-state index in [-0.39, 0.29) is 34.3 Å². The summed E-state index contributed by atoms with van der Waals surface area (Å²) in [6, 6.07) is 9.19. The fourth-order valence-electron chi connectivity index (χ4n) is 2.19. The first kappa shape index (κ1) is 20.2. The van der Waals surface area contributed by atoms with Gasteiger partial charge in [0.15, 0.2) is 0 Å². The first-order valence-electron chi connectivity index (χ1n) is 8.10. The Morgan fingerprint density at radius 3 is 2.56 bits per heavy atom. The van der Waals surface area contributed by atoms with Crippen LogP contribution in [0.15, 0.2) is 47.4 Å². The number of hydrogen-bond donors (Lipinski definition) is 2. The number of hydrogen-bond acceptors (Lipinski definition) is 6. The minimum atomic E-state index is -4.03. The van der Waals surface area contributed by atoms with Crippen LogP contribution < -0.4 is 14.8 Å². The van der Waals surface area contributed by atoms with Crippen molar-refractivity contribution in [3.8, 4) is 5.75 Å². The number of ether oxygens (including phenoxy) is 1. The van der Waals surface area contributed by atoms with E-state index in [9.17, 15) is 23.3 Å². The molecule has 144 valence electrons. The second-order valence-electron chi connectivity index (χ2n) is 5.41. The van der Waals surface area contributed by atoms with Crippen molar-refractivity contribution in [2.75, 3.05) is 16.6 Å². The van der Waals surface area contributed by atoms with Gasteiger partial charge in [-0.1, -0.05) is 13.0 Å². The predicted octanol–water partition coefficient (Wildman–Crippen LogP) is 3.14. The highest BCUT2D eigenvalue weighted by Crippen LogP contribution is 2.29. The number of amides is 1. The molecule has 2 rings (SSSR count). The summed E-state index contributed by atoms with van der Waals surface area (Å²) in [5, 5.41) is 13.4. The minimum Gasteiger partial charge on any atom is -0.492 e. The lowest BCUT2D eigenvalue weighted by Crippen LogP contribution is -2.15. The first-order valence-corrected chi connectivity index (χ1v) is 9.59. The summed E-state index contributed by atoms with van der Waals surface area (Å²) < 4.78 is 32.9. The maximum absolute atomic E-state index is 12.6. The molecule has 1 amide bonds. The molecule has 0 unspecified atom stereocenters. The number of nitro groups is 1. The lowest BCUT2D eigenvalue weighted by Gasteiger charge is -2.14. The normalized spacial score (nSPS) is 10.9. The number of nitro benzene ring substituents is 1.